The molecule has 0 aliphatic carbocycles. The van der Waals surface area contributed by atoms with E-state index in [0.717, 1.165) is 108 Å². The summed E-state index contributed by atoms with van der Waals surface area (Å²) in [6, 6.07) is 0. The Kier molecular flexibility index (Phi) is 69.0. The van der Waals surface area contributed by atoms with Crippen molar-refractivity contribution in [2.75, 3.05) is 39.6 Å². The zero-order chi connectivity index (χ0) is 73.0. The molecule has 0 saturated carbocycles. The van der Waals surface area contributed by atoms with Gasteiger partial charge in [0, 0.05) is 25.7 Å². The van der Waals surface area contributed by atoms with Crippen LogP contribution in [0.3, 0.4) is 0 Å². The summed E-state index contributed by atoms with van der Waals surface area (Å²) in [5.74, 6) is 0.244. The molecule has 0 aromatic rings. The minimum Gasteiger partial charge on any atom is -0.462 e. The molecular formula is C80H156O17P2. The molecule has 0 aromatic heterocycles. The van der Waals surface area contributed by atoms with Crippen LogP contribution in [-0.4, -0.2) is 96.7 Å². The molecule has 588 valence electrons. The van der Waals surface area contributed by atoms with E-state index >= 15 is 0 Å². The molecule has 0 radical (unpaired) electrons. The molecule has 0 aromatic carbocycles. The zero-order valence-electron chi connectivity index (χ0n) is 65.0. The minimum absolute atomic E-state index is 0.106. The van der Waals surface area contributed by atoms with Gasteiger partial charge in [-0.1, -0.05) is 363 Å². The Bertz CT molecular complexity index is 1920. The van der Waals surface area contributed by atoms with Crippen LogP contribution in [0.4, 0.5) is 0 Å². The Morgan fingerprint density at radius 2 is 0.515 bits per heavy atom. The third-order valence-corrected chi connectivity index (χ3v) is 20.9. The monoisotopic (exact) mass is 1450 g/mol. The molecule has 3 unspecified atom stereocenters. The summed E-state index contributed by atoms with van der Waals surface area (Å²) in [6.07, 6.45) is 58.1. The highest BCUT2D eigenvalue weighted by molar-refractivity contribution is 7.47. The van der Waals surface area contributed by atoms with Crippen molar-refractivity contribution in [1.29, 1.82) is 0 Å². The predicted octanol–water partition coefficient (Wildman–Crippen LogP) is 23.7. The summed E-state index contributed by atoms with van der Waals surface area (Å²) in [5, 5.41) is 10.6. The van der Waals surface area contributed by atoms with Gasteiger partial charge in [0.25, 0.3) is 0 Å². The van der Waals surface area contributed by atoms with E-state index in [1.165, 1.54) is 225 Å². The summed E-state index contributed by atoms with van der Waals surface area (Å²) >= 11 is 0. The Labute approximate surface area is 607 Å². The lowest BCUT2D eigenvalue weighted by atomic mass is 9.99. The predicted molar refractivity (Wildman–Crippen MR) is 405 cm³/mol. The fourth-order valence-electron chi connectivity index (χ4n) is 12.3. The molecule has 0 spiro atoms. The number of carbonyl (C=O) groups is 4. The number of aliphatic hydroxyl groups excluding tert-OH is 1. The number of hydrogen-bond donors (Lipinski definition) is 3. The first-order valence-electron chi connectivity index (χ1n) is 41.4. The smallest absolute Gasteiger partial charge is 0.462 e. The van der Waals surface area contributed by atoms with Crippen molar-refractivity contribution in [2.24, 2.45) is 17.8 Å². The van der Waals surface area contributed by atoms with Crippen LogP contribution in [0.1, 0.15) is 414 Å². The topological polar surface area (TPSA) is 237 Å². The lowest BCUT2D eigenvalue weighted by Gasteiger charge is -2.21. The van der Waals surface area contributed by atoms with Gasteiger partial charge in [-0.05, 0) is 43.4 Å². The highest BCUT2D eigenvalue weighted by Crippen LogP contribution is 2.45. The van der Waals surface area contributed by atoms with Gasteiger partial charge in [0.1, 0.15) is 19.3 Å². The number of aliphatic hydroxyl groups is 1. The van der Waals surface area contributed by atoms with Gasteiger partial charge in [-0.15, -0.1) is 0 Å². The minimum atomic E-state index is -4.96. The van der Waals surface area contributed by atoms with E-state index in [2.05, 4.69) is 48.5 Å². The van der Waals surface area contributed by atoms with E-state index in [9.17, 15) is 43.2 Å². The van der Waals surface area contributed by atoms with Crippen molar-refractivity contribution < 1.29 is 80.2 Å². The largest absolute Gasteiger partial charge is 0.472 e. The van der Waals surface area contributed by atoms with Crippen LogP contribution in [0.2, 0.25) is 0 Å². The number of hydrogen-bond acceptors (Lipinski definition) is 15. The highest BCUT2D eigenvalue weighted by Gasteiger charge is 2.30. The standard InChI is InChI=1S/C80H156O17P2/c1-8-10-11-12-13-14-15-16-17-21-26-33-40-47-54-61-77(82)90-67-75(96-79(84)63-56-49-42-34-27-22-19-18-20-25-32-39-46-53-60-73(7)9-2)69-94-98(86,87)92-65-74(81)66-93-99(88,89)95-70-76(68-91-78(83)62-55-48-41-36-29-31-38-45-52-59-72(5)6)97-80(85)64-57-50-43-35-28-23-24-30-37-44-51-58-71(3)4/h71-76,81H,8-70H2,1-7H3,(H,86,87)(H,88,89)/t73?,74-,75-,76-/m1/s1. The van der Waals surface area contributed by atoms with Crippen LogP contribution >= 0.6 is 15.6 Å². The molecule has 0 bridgehead atoms. The van der Waals surface area contributed by atoms with Crippen molar-refractivity contribution in [1.82, 2.24) is 0 Å². The van der Waals surface area contributed by atoms with Gasteiger partial charge in [-0.3, -0.25) is 37.3 Å². The number of esters is 4. The van der Waals surface area contributed by atoms with Gasteiger partial charge in [0.15, 0.2) is 12.2 Å². The number of carbonyl (C=O) groups excluding carboxylic acids is 4. The maximum absolute atomic E-state index is 13.1. The summed E-state index contributed by atoms with van der Waals surface area (Å²) in [4.78, 5) is 73.0. The third kappa shape index (κ3) is 72.8. The van der Waals surface area contributed by atoms with Crippen LogP contribution in [0.15, 0.2) is 0 Å². The molecule has 0 saturated heterocycles. The maximum Gasteiger partial charge on any atom is 0.472 e. The molecular weight excluding hydrogens is 1290 g/mol. The fraction of sp³-hybridized carbons (Fsp3) is 0.950. The quantitative estimate of drug-likeness (QED) is 0.0222. The Morgan fingerprint density at radius 3 is 0.768 bits per heavy atom. The van der Waals surface area contributed by atoms with E-state index < -0.39 is 97.5 Å². The zero-order valence-corrected chi connectivity index (χ0v) is 66.8. The molecule has 3 N–H and O–H groups in total. The van der Waals surface area contributed by atoms with E-state index in [-0.39, 0.29) is 25.7 Å². The summed E-state index contributed by atoms with van der Waals surface area (Å²) in [5.41, 5.74) is 0. The van der Waals surface area contributed by atoms with Crippen LogP contribution in [0.25, 0.3) is 0 Å². The second kappa shape index (κ2) is 70.4. The van der Waals surface area contributed by atoms with Crippen molar-refractivity contribution in [3.63, 3.8) is 0 Å². The molecule has 17 nitrogen and oxygen atoms in total. The molecule has 0 amide bonds. The SMILES string of the molecule is CCCCCCCCCCCCCCCCCC(=O)OC[C@H](COP(=O)(O)OC[C@@H](O)COP(=O)(O)OC[C@@H](COC(=O)CCCCCCCCCCCC(C)C)OC(=O)CCCCCCCCCCCCCC(C)C)OC(=O)CCCCCCCCCCCCCCCCC(C)CC. The van der Waals surface area contributed by atoms with E-state index in [0.29, 0.717) is 25.7 Å². The van der Waals surface area contributed by atoms with Crippen molar-refractivity contribution in [3.05, 3.63) is 0 Å². The van der Waals surface area contributed by atoms with Crippen LogP contribution < -0.4 is 0 Å². The maximum atomic E-state index is 13.1. The number of ether oxygens (including phenoxy) is 4. The van der Waals surface area contributed by atoms with Gasteiger partial charge >= 0.3 is 39.5 Å². The number of phosphoric acid groups is 2. The van der Waals surface area contributed by atoms with Crippen LogP contribution in [-0.2, 0) is 65.4 Å². The van der Waals surface area contributed by atoms with Gasteiger partial charge in [0.2, 0.25) is 0 Å². The number of phosphoric ester groups is 2. The molecule has 0 heterocycles. The molecule has 6 atom stereocenters. The van der Waals surface area contributed by atoms with Crippen LogP contribution in [0, 0.1) is 17.8 Å². The van der Waals surface area contributed by atoms with Crippen LogP contribution in [0.5, 0.6) is 0 Å². The number of rotatable bonds is 78. The molecule has 99 heavy (non-hydrogen) atoms. The Balaban J connectivity index is 5.27. The third-order valence-electron chi connectivity index (χ3n) is 19.0. The molecule has 0 aliphatic rings. The summed E-state index contributed by atoms with van der Waals surface area (Å²) in [6.45, 7) is 12.0. The van der Waals surface area contributed by atoms with Crippen molar-refractivity contribution >= 4 is 39.5 Å². The second-order valence-corrected chi connectivity index (χ2v) is 32.9. The number of unbranched alkanes of at least 4 members (excludes halogenated alkanes) is 45. The summed E-state index contributed by atoms with van der Waals surface area (Å²) in [7, 11) is -9.92. The Hall–Kier alpha value is -1.94. The average Bonchev–Trinajstić information content (AvgIpc) is 1.13. The van der Waals surface area contributed by atoms with Gasteiger partial charge in [-0.25, -0.2) is 9.13 Å². The van der Waals surface area contributed by atoms with Crippen molar-refractivity contribution in [3.8, 4) is 0 Å². The van der Waals surface area contributed by atoms with Crippen molar-refractivity contribution in [2.45, 2.75) is 433 Å². The molecule has 0 fully saturated rings. The first-order chi connectivity index (χ1) is 47.8. The highest BCUT2D eigenvalue weighted by atomic mass is 31.2. The first-order valence-corrected chi connectivity index (χ1v) is 44.4. The van der Waals surface area contributed by atoms with Gasteiger partial charge in [-0.2, -0.15) is 0 Å². The second-order valence-electron chi connectivity index (χ2n) is 30.0. The first kappa shape index (κ1) is 97.1. The lowest BCUT2D eigenvalue weighted by molar-refractivity contribution is -0.161. The Morgan fingerprint density at radius 1 is 0.293 bits per heavy atom. The van der Waals surface area contributed by atoms with E-state index in [1.807, 2.05) is 0 Å². The van der Waals surface area contributed by atoms with E-state index in [1.54, 1.807) is 0 Å². The fourth-order valence-corrected chi connectivity index (χ4v) is 13.9. The lowest BCUT2D eigenvalue weighted by Crippen LogP contribution is -2.30. The average molecular weight is 1450 g/mol. The summed E-state index contributed by atoms with van der Waals surface area (Å²) < 4.78 is 68.7. The normalized spacial score (nSPS) is 14.3. The molecule has 0 rings (SSSR count). The molecule has 0 aliphatic heterocycles. The molecule has 19 heteroatoms. The van der Waals surface area contributed by atoms with Gasteiger partial charge < -0.3 is 33.8 Å². The van der Waals surface area contributed by atoms with E-state index in [4.69, 9.17) is 37.0 Å². The van der Waals surface area contributed by atoms with Gasteiger partial charge in [0.05, 0.1) is 26.4 Å².